The van der Waals surface area contributed by atoms with E-state index in [1.54, 1.807) is 30.6 Å². The van der Waals surface area contributed by atoms with E-state index in [1.165, 1.54) is 24.4 Å². The van der Waals surface area contributed by atoms with Crippen molar-refractivity contribution in [2.24, 2.45) is 0 Å². The second-order valence-corrected chi connectivity index (χ2v) is 8.62. The number of aromatic nitrogens is 2. The molecule has 8 nitrogen and oxygen atoms in total. The van der Waals surface area contributed by atoms with Crippen LogP contribution in [0.1, 0.15) is 6.92 Å². The van der Waals surface area contributed by atoms with E-state index in [9.17, 15) is 9.59 Å². The highest BCUT2D eigenvalue weighted by molar-refractivity contribution is 7.99. The van der Waals surface area contributed by atoms with Crippen LogP contribution < -0.4 is 20.4 Å². The molecule has 1 aliphatic heterocycles. The quantitative estimate of drug-likeness (QED) is 0.410. The molecule has 2 N–H and O–H groups in total. The number of piperazine rings is 1. The average Bonchev–Trinajstić information content (AvgIpc) is 2.84. The van der Waals surface area contributed by atoms with Crippen molar-refractivity contribution >= 4 is 46.5 Å². The SMILES string of the molecule is CC(=O)Nc1ccc(NC(=O)CSc2cc(N3CCN(c4ccccc4)CC3)ncn2)cc1. The molecule has 0 atom stereocenters. The van der Waals surface area contributed by atoms with Gasteiger partial charge in [0.15, 0.2) is 0 Å². The Morgan fingerprint density at radius 3 is 2.18 bits per heavy atom. The van der Waals surface area contributed by atoms with Crippen LogP contribution in [0.3, 0.4) is 0 Å². The fraction of sp³-hybridized carbons (Fsp3) is 0.250. The van der Waals surface area contributed by atoms with Gasteiger partial charge >= 0.3 is 0 Å². The van der Waals surface area contributed by atoms with Crippen molar-refractivity contribution in [2.45, 2.75) is 11.9 Å². The Morgan fingerprint density at radius 1 is 0.879 bits per heavy atom. The van der Waals surface area contributed by atoms with Gasteiger partial charge in [0.1, 0.15) is 17.2 Å². The first kappa shape index (κ1) is 22.6. The first-order chi connectivity index (χ1) is 16.1. The summed E-state index contributed by atoms with van der Waals surface area (Å²) in [5.41, 5.74) is 2.61. The first-order valence-electron chi connectivity index (χ1n) is 10.7. The van der Waals surface area contributed by atoms with Crippen molar-refractivity contribution in [2.75, 3.05) is 52.4 Å². The van der Waals surface area contributed by atoms with Crippen LogP contribution in [0.15, 0.2) is 72.0 Å². The minimum Gasteiger partial charge on any atom is -0.368 e. The largest absolute Gasteiger partial charge is 0.368 e. The lowest BCUT2D eigenvalue weighted by Gasteiger charge is -2.36. The Morgan fingerprint density at radius 2 is 1.52 bits per heavy atom. The summed E-state index contributed by atoms with van der Waals surface area (Å²) in [6.45, 7) is 5.07. The van der Waals surface area contributed by atoms with Crippen LogP contribution in [-0.4, -0.2) is 53.7 Å². The minimum atomic E-state index is -0.134. The lowest BCUT2D eigenvalue weighted by Crippen LogP contribution is -2.46. The predicted molar refractivity (Wildman–Crippen MR) is 133 cm³/mol. The van der Waals surface area contributed by atoms with Gasteiger partial charge in [0.25, 0.3) is 0 Å². The number of hydrogen-bond acceptors (Lipinski definition) is 7. The van der Waals surface area contributed by atoms with Crippen molar-refractivity contribution in [3.05, 3.63) is 67.0 Å². The van der Waals surface area contributed by atoms with E-state index in [0.717, 1.165) is 37.0 Å². The van der Waals surface area contributed by atoms with Gasteiger partial charge in [-0.3, -0.25) is 9.59 Å². The number of anilines is 4. The Hall–Kier alpha value is -3.59. The van der Waals surface area contributed by atoms with Gasteiger partial charge in [0.2, 0.25) is 11.8 Å². The smallest absolute Gasteiger partial charge is 0.234 e. The maximum absolute atomic E-state index is 12.3. The third-order valence-corrected chi connectivity index (χ3v) is 6.12. The summed E-state index contributed by atoms with van der Waals surface area (Å²) in [5, 5.41) is 6.32. The fourth-order valence-electron chi connectivity index (χ4n) is 3.59. The van der Waals surface area contributed by atoms with Crippen LogP contribution in [-0.2, 0) is 9.59 Å². The molecule has 1 aromatic heterocycles. The number of hydrogen-bond donors (Lipinski definition) is 2. The van der Waals surface area contributed by atoms with E-state index in [1.807, 2.05) is 12.1 Å². The number of rotatable bonds is 7. The molecule has 9 heteroatoms. The van der Waals surface area contributed by atoms with E-state index in [4.69, 9.17) is 0 Å². The molecule has 0 spiro atoms. The first-order valence-corrected chi connectivity index (χ1v) is 11.7. The Labute approximate surface area is 197 Å². The lowest BCUT2D eigenvalue weighted by molar-refractivity contribution is -0.114. The van der Waals surface area contributed by atoms with Crippen molar-refractivity contribution in [3.8, 4) is 0 Å². The van der Waals surface area contributed by atoms with Crippen molar-refractivity contribution in [1.82, 2.24) is 9.97 Å². The molecule has 0 aliphatic carbocycles. The van der Waals surface area contributed by atoms with Crippen LogP contribution in [0.2, 0.25) is 0 Å². The van der Waals surface area contributed by atoms with Crippen molar-refractivity contribution < 1.29 is 9.59 Å². The van der Waals surface area contributed by atoms with Gasteiger partial charge in [-0.05, 0) is 36.4 Å². The molecule has 0 saturated carbocycles. The molecular weight excluding hydrogens is 436 g/mol. The maximum Gasteiger partial charge on any atom is 0.234 e. The molecule has 33 heavy (non-hydrogen) atoms. The molecule has 0 bridgehead atoms. The van der Waals surface area contributed by atoms with E-state index in [0.29, 0.717) is 11.4 Å². The van der Waals surface area contributed by atoms with Crippen LogP contribution in [0.25, 0.3) is 0 Å². The van der Waals surface area contributed by atoms with Crippen molar-refractivity contribution in [1.29, 1.82) is 0 Å². The van der Waals surface area contributed by atoms with Gasteiger partial charge < -0.3 is 20.4 Å². The van der Waals surface area contributed by atoms with E-state index in [-0.39, 0.29) is 17.6 Å². The molecule has 1 fully saturated rings. The summed E-state index contributed by atoms with van der Waals surface area (Å²) < 4.78 is 0. The normalized spacial score (nSPS) is 13.5. The van der Waals surface area contributed by atoms with E-state index < -0.39 is 0 Å². The van der Waals surface area contributed by atoms with Crippen molar-refractivity contribution in [3.63, 3.8) is 0 Å². The summed E-state index contributed by atoms with van der Waals surface area (Å²) in [5.74, 6) is 0.870. The van der Waals surface area contributed by atoms with Crippen LogP contribution in [0.4, 0.5) is 22.9 Å². The van der Waals surface area contributed by atoms with Gasteiger partial charge in [0.05, 0.1) is 5.75 Å². The Bertz CT molecular complexity index is 1090. The zero-order chi connectivity index (χ0) is 23.0. The average molecular weight is 463 g/mol. The molecule has 1 aliphatic rings. The molecule has 0 unspecified atom stereocenters. The topological polar surface area (TPSA) is 90.5 Å². The molecular formula is C24H26N6O2S. The summed E-state index contributed by atoms with van der Waals surface area (Å²) in [6.07, 6.45) is 1.56. The van der Waals surface area contributed by atoms with Gasteiger partial charge in [-0.1, -0.05) is 30.0 Å². The highest BCUT2D eigenvalue weighted by Crippen LogP contribution is 2.23. The van der Waals surface area contributed by atoms with Gasteiger partial charge in [-0.2, -0.15) is 0 Å². The highest BCUT2D eigenvalue weighted by atomic mass is 32.2. The zero-order valence-electron chi connectivity index (χ0n) is 18.4. The molecule has 2 heterocycles. The molecule has 2 amide bonds. The maximum atomic E-state index is 12.3. The number of amides is 2. The lowest BCUT2D eigenvalue weighted by atomic mass is 10.2. The third-order valence-electron chi connectivity index (χ3n) is 5.19. The number of para-hydroxylation sites is 1. The number of nitrogens with zero attached hydrogens (tertiary/aromatic N) is 4. The second kappa shape index (κ2) is 10.8. The Kier molecular flexibility index (Phi) is 7.41. The number of thioether (sulfide) groups is 1. The number of carbonyl (C=O) groups is 2. The standard InChI is InChI=1S/C24H26N6O2S/c1-18(31)27-19-7-9-20(10-8-19)28-23(32)16-33-24-15-22(25-17-26-24)30-13-11-29(12-14-30)21-5-3-2-4-6-21/h2-10,15,17H,11-14,16H2,1H3,(H,27,31)(H,28,32). The van der Waals surface area contributed by atoms with E-state index in [2.05, 4.69) is 54.7 Å². The summed E-state index contributed by atoms with van der Waals surface area (Å²) in [7, 11) is 0. The molecule has 2 aromatic carbocycles. The fourth-order valence-corrected chi connectivity index (χ4v) is 4.25. The van der Waals surface area contributed by atoms with Crippen LogP contribution >= 0.6 is 11.8 Å². The molecule has 1 saturated heterocycles. The molecule has 0 radical (unpaired) electrons. The third kappa shape index (κ3) is 6.45. The summed E-state index contributed by atoms with van der Waals surface area (Å²) in [4.78, 5) is 36.8. The minimum absolute atomic E-state index is 0.121. The molecule has 170 valence electrons. The monoisotopic (exact) mass is 462 g/mol. The molecule has 4 rings (SSSR count). The van der Waals surface area contributed by atoms with Gasteiger partial charge in [0, 0.05) is 56.2 Å². The number of carbonyl (C=O) groups excluding carboxylic acids is 2. The van der Waals surface area contributed by atoms with Crippen LogP contribution in [0.5, 0.6) is 0 Å². The number of benzene rings is 2. The highest BCUT2D eigenvalue weighted by Gasteiger charge is 2.19. The second-order valence-electron chi connectivity index (χ2n) is 7.62. The number of nitrogens with one attached hydrogen (secondary N) is 2. The summed E-state index contributed by atoms with van der Waals surface area (Å²) >= 11 is 1.38. The van der Waals surface area contributed by atoms with Gasteiger partial charge in [-0.25, -0.2) is 9.97 Å². The summed E-state index contributed by atoms with van der Waals surface area (Å²) in [6, 6.07) is 19.4. The van der Waals surface area contributed by atoms with E-state index >= 15 is 0 Å². The molecule has 3 aromatic rings. The Balaban J connectivity index is 1.27. The van der Waals surface area contributed by atoms with Gasteiger partial charge in [-0.15, -0.1) is 0 Å². The predicted octanol–water partition coefficient (Wildman–Crippen LogP) is 3.49. The zero-order valence-corrected chi connectivity index (χ0v) is 19.2. The van der Waals surface area contributed by atoms with Crippen LogP contribution in [0, 0.1) is 0 Å².